The maximum absolute atomic E-state index is 12.5. The molecule has 0 spiro atoms. The molecule has 1 saturated heterocycles. The van der Waals surface area contributed by atoms with Gasteiger partial charge in [-0.3, -0.25) is 4.79 Å². The lowest BCUT2D eigenvalue weighted by atomic mass is 9.82. The molecule has 1 N–H and O–H groups in total. The number of amides is 1. The van der Waals surface area contributed by atoms with Gasteiger partial charge in [0.25, 0.3) is 0 Å². The largest absolute Gasteiger partial charge is 0.497 e. The molecular formula is C17H25NO5. The molecule has 0 aliphatic carbocycles. The number of aliphatic hydroxyl groups is 1. The molecule has 0 aromatic heterocycles. The molecule has 1 aliphatic rings. The maximum Gasteiger partial charge on any atom is 0.235 e. The Morgan fingerprint density at radius 3 is 2.17 bits per heavy atom. The molecule has 1 amide bonds. The van der Waals surface area contributed by atoms with Crippen LogP contribution in [0.25, 0.3) is 0 Å². The van der Waals surface area contributed by atoms with Crippen LogP contribution in [0.4, 0.5) is 5.69 Å². The van der Waals surface area contributed by atoms with E-state index in [1.54, 1.807) is 31.1 Å². The second kappa shape index (κ2) is 7.77. The third-order valence-electron chi connectivity index (χ3n) is 4.00. The van der Waals surface area contributed by atoms with Crippen LogP contribution in [0.15, 0.2) is 24.3 Å². The van der Waals surface area contributed by atoms with Crippen molar-refractivity contribution in [3.05, 3.63) is 24.3 Å². The van der Waals surface area contributed by atoms with Crippen LogP contribution >= 0.6 is 0 Å². The van der Waals surface area contributed by atoms with Crippen LogP contribution < -0.4 is 9.64 Å². The van der Waals surface area contributed by atoms with Crippen molar-refractivity contribution in [3.63, 3.8) is 0 Å². The van der Waals surface area contributed by atoms with Crippen molar-refractivity contribution in [2.45, 2.75) is 39.2 Å². The van der Waals surface area contributed by atoms with E-state index in [0.29, 0.717) is 13.2 Å². The van der Waals surface area contributed by atoms with Gasteiger partial charge in [-0.2, -0.15) is 0 Å². The number of nitrogens with zero attached hydrogens (tertiary/aromatic N) is 1. The molecule has 1 fully saturated rings. The molecule has 6 nitrogen and oxygen atoms in total. The molecule has 6 heteroatoms. The van der Waals surface area contributed by atoms with E-state index < -0.39 is 18.3 Å². The highest BCUT2D eigenvalue weighted by Gasteiger charge is 2.54. The lowest BCUT2D eigenvalue weighted by Crippen LogP contribution is -2.69. The Balaban J connectivity index is 2.29. The number of carbonyl (C=O) groups is 1. The van der Waals surface area contributed by atoms with Crippen molar-refractivity contribution >= 4 is 11.6 Å². The normalized spacial score (nSPS) is 22.2. The average molecular weight is 323 g/mol. The number of methoxy groups -OCH3 is 1. The van der Waals surface area contributed by atoms with E-state index in [0.717, 1.165) is 11.4 Å². The van der Waals surface area contributed by atoms with E-state index in [1.165, 1.54) is 0 Å². The van der Waals surface area contributed by atoms with Gasteiger partial charge in [0.2, 0.25) is 5.91 Å². The Kier molecular flexibility index (Phi) is 5.98. The third kappa shape index (κ3) is 3.49. The minimum absolute atomic E-state index is 0.125. The first-order chi connectivity index (χ1) is 11.0. The van der Waals surface area contributed by atoms with Crippen molar-refractivity contribution in [2.24, 2.45) is 5.92 Å². The van der Waals surface area contributed by atoms with Crippen LogP contribution in [0.1, 0.15) is 20.8 Å². The highest BCUT2D eigenvalue weighted by molar-refractivity contribution is 6.03. The molecule has 0 saturated carbocycles. The van der Waals surface area contributed by atoms with Crippen molar-refractivity contribution in [3.8, 4) is 5.75 Å². The summed E-state index contributed by atoms with van der Waals surface area (Å²) in [6.07, 6.45) is -1.32. The third-order valence-corrected chi connectivity index (χ3v) is 4.00. The van der Waals surface area contributed by atoms with Crippen molar-refractivity contribution in [1.82, 2.24) is 0 Å². The summed E-state index contributed by atoms with van der Waals surface area (Å²) in [5, 5.41) is 9.97. The fourth-order valence-electron chi connectivity index (χ4n) is 2.93. The minimum atomic E-state index is -0.759. The van der Waals surface area contributed by atoms with Gasteiger partial charge < -0.3 is 24.2 Å². The van der Waals surface area contributed by atoms with Gasteiger partial charge in [0.1, 0.15) is 11.8 Å². The van der Waals surface area contributed by atoms with Gasteiger partial charge in [0.05, 0.1) is 19.1 Å². The summed E-state index contributed by atoms with van der Waals surface area (Å²) in [5.74, 6) is 0.0660. The van der Waals surface area contributed by atoms with Crippen molar-refractivity contribution in [1.29, 1.82) is 0 Å². The van der Waals surface area contributed by atoms with Gasteiger partial charge in [0.15, 0.2) is 6.29 Å². The van der Waals surface area contributed by atoms with Crippen LogP contribution in [0.2, 0.25) is 0 Å². The molecule has 2 rings (SSSR count). The first-order valence-corrected chi connectivity index (χ1v) is 7.93. The highest BCUT2D eigenvalue weighted by atomic mass is 16.7. The Labute approximate surface area is 136 Å². The predicted molar refractivity (Wildman–Crippen MR) is 86.5 cm³/mol. The topological polar surface area (TPSA) is 68.2 Å². The minimum Gasteiger partial charge on any atom is -0.497 e. The van der Waals surface area contributed by atoms with Gasteiger partial charge in [0, 0.05) is 18.9 Å². The molecule has 23 heavy (non-hydrogen) atoms. The zero-order chi connectivity index (χ0) is 17.0. The molecule has 3 atom stereocenters. The van der Waals surface area contributed by atoms with Crippen molar-refractivity contribution < 1.29 is 24.1 Å². The monoisotopic (exact) mass is 323 g/mol. The van der Waals surface area contributed by atoms with Crippen LogP contribution in [-0.2, 0) is 14.3 Å². The lowest BCUT2D eigenvalue weighted by Gasteiger charge is -2.50. The molecule has 0 bridgehead atoms. The summed E-state index contributed by atoms with van der Waals surface area (Å²) in [4.78, 5) is 14.1. The van der Waals surface area contributed by atoms with E-state index in [4.69, 9.17) is 14.2 Å². The first-order valence-electron chi connectivity index (χ1n) is 7.93. The summed E-state index contributed by atoms with van der Waals surface area (Å²) in [6, 6.07) is 6.88. The molecule has 1 aliphatic heterocycles. The van der Waals surface area contributed by atoms with Crippen LogP contribution in [0.3, 0.4) is 0 Å². The van der Waals surface area contributed by atoms with E-state index in [-0.39, 0.29) is 11.9 Å². The van der Waals surface area contributed by atoms with Crippen LogP contribution in [0.5, 0.6) is 5.75 Å². The molecular weight excluding hydrogens is 298 g/mol. The van der Waals surface area contributed by atoms with Crippen molar-refractivity contribution in [2.75, 3.05) is 25.2 Å². The summed E-state index contributed by atoms with van der Waals surface area (Å²) >= 11 is 0. The van der Waals surface area contributed by atoms with Gasteiger partial charge in [-0.15, -0.1) is 0 Å². The predicted octanol–water partition coefficient (Wildman–Crippen LogP) is 1.81. The molecule has 0 radical (unpaired) electrons. The zero-order valence-corrected chi connectivity index (χ0v) is 14.1. The van der Waals surface area contributed by atoms with Crippen LogP contribution in [0, 0.1) is 5.92 Å². The summed E-state index contributed by atoms with van der Waals surface area (Å²) < 4.78 is 16.5. The summed E-state index contributed by atoms with van der Waals surface area (Å²) in [7, 11) is 1.59. The number of ether oxygens (including phenoxy) is 3. The van der Waals surface area contributed by atoms with Gasteiger partial charge in [-0.1, -0.05) is 0 Å². The Bertz CT molecular complexity index is 510. The van der Waals surface area contributed by atoms with Gasteiger partial charge >= 0.3 is 0 Å². The SMILES string of the molecule is CCOC(OCC)[C@H]1[C@H]([C@H](C)O)C(=O)N1c1ccc(OC)cc1. The van der Waals surface area contributed by atoms with E-state index in [2.05, 4.69) is 0 Å². The molecule has 1 aromatic carbocycles. The molecule has 0 unspecified atom stereocenters. The fraction of sp³-hybridized carbons (Fsp3) is 0.588. The fourth-order valence-corrected chi connectivity index (χ4v) is 2.93. The quantitative estimate of drug-likeness (QED) is 0.584. The maximum atomic E-state index is 12.5. The van der Waals surface area contributed by atoms with E-state index in [1.807, 2.05) is 26.0 Å². The van der Waals surface area contributed by atoms with E-state index >= 15 is 0 Å². The standard InChI is InChI=1S/C17H25NO5/c1-5-22-17(23-6-2)15-14(11(3)19)16(20)18(15)12-7-9-13(21-4)10-8-12/h7-11,14-15,17,19H,5-6H2,1-4H3/t11-,14-,15+/m0/s1. The number of aliphatic hydroxyl groups excluding tert-OH is 1. The Morgan fingerprint density at radius 1 is 1.17 bits per heavy atom. The Morgan fingerprint density at radius 2 is 1.74 bits per heavy atom. The Hall–Kier alpha value is -1.63. The number of carbonyl (C=O) groups excluding carboxylic acids is 1. The number of anilines is 1. The lowest BCUT2D eigenvalue weighted by molar-refractivity contribution is -0.183. The smallest absolute Gasteiger partial charge is 0.235 e. The summed E-state index contributed by atoms with van der Waals surface area (Å²) in [5.41, 5.74) is 0.738. The summed E-state index contributed by atoms with van der Waals surface area (Å²) in [6.45, 7) is 6.32. The molecule has 1 aromatic rings. The second-order valence-electron chi connectivity index (χ2n) is 5.44. The average Bonchev–Trinajstić information content (AvgIpc) is 2.52. The van der Waals surface area contributed by atoms with Crippen LogP contribution in [-0.4, -0.2) is 49.8 Å². The second-order valence-corrected chi connectivity index (χ2v) is 5.44. The van der Waals surface area contributed by atoms with Gasteiger partial charge in [-0.05, 0) is 45.0 Å². The number of hydrogen-bond donors (Lipinski definition) is 1. The number of rotatable bonds is 8. The zero-order valence-electron chi connectivity index (χ0n) is 14.1. The first kappa shape index (κ1) is 17.7. The molecule has 1 heterocycles. The number of benzene rings is 1. The van der Waals surface area contributed by atoms with E-state index in [9.17, 15) is 9.90 Å². The molecule has 128 valence electrons. The number of hydrogen-bond acceptors (Lipinski definition) is 5. The highest BCUT2D eigenvalue weighted by Crippen LogP contribution is 2.38. The van der Waals surface area contributed by atoms with Gasteiger partial charge in [-0.25, -0.2) is 0 Å². The number of β-lactam (4-membered cyclic amide) rings is 1.